The van der Waals surface area contributed by atoms with Gasteiger partial charge in [-0.3, -0.25) is 14.9 Å². The first-order valence-corrected chi connectivity index (χ1v) is 9.06. The maximum Gasteiger partial charge on any atom is 0.338 e. The van der Waals surface area contributed by atoms with Crippen LogP contribution in [-0.2, 0) is 9.53 Å². The topological polar surface area (TPSA) is 93.0 Å². The van der Waals surface area contributed by atoms with Crippen LogP contribution < -0.4 is 4.90 Å². The van der Waals surface area contributed by atoms with Crippen molar-refractivity contribution < 1.29 is 23.6 Å². The molecule has 0 bridgehead atoms. The van der Waals surface area contributed by atoms with Gasteiger partial charge in [0.05, 0.1) is 16.2 Å². The number of hydrogen-bond acceptors (Lipinski definition) is 6. The summed E-state index contributed by atoms with van der Waals surface area (Å²) >= 11 is 0. The monoisotopic (exact) mass is 401 g/mol. The predicted molar refractivity (Wildman–Crippen MR) is 103 cm³/mol. The Labute approximate surface area is 166 Å². The highest BCUT2D eigenvalue weighted by atomic mass is 19.1. The van der Waals surface area contributed by atoms with E-state index in [0.717, 1.165) is 6.07 Å². The Hall–Kier alpha value is -3.49. The number of hydrogen-bond donors (Lipinski definition) is 0. The van der Waals surface area contributed by atoms with Gasteiger partial charge in [-0.15, -0.1) is 0 Å². The molecule has 0 aliphatic carbocycles. The number of esters is 1. The second-order valence-electron chi connectivity index (χ2n) is 6.65. The number of aryl methyl sites for hydroxylation is 1. The third kappa shape index (κ3) is 4.68. The fourth-order valence-corrected chi connectivity index (χ4v) is 3.14. The van der Waals surface area contributed by atoms with Gasteiger partial charge in [0.15, 0.2) is 6.61 Å². The normalized spacial score (nSPS) is 13.9. The summed E-state index contributed by atoms with van der Waals surface area (Å²) in [4.78, 5) is 38.3. The SMILES string of the molecule is Cc1ccc(C(=O)OCC(=O)N2CCN(c3ccccc3F)CC2)cc1[N+](=O)[O-]. The summed E-state index contributed by atoms with van der Waals surface area (Å²) in [6.07, 6.45) is 0. The van der Waals surface area contributed by atoms with Crippen LogP contribution in [0.1, 0.15) is 15.9 Å². The zero-order valence-corrected chi connectivity index (χ0v) is 15.8. The van der Waals surface area contributed by atoms with Crippen molar-refractivity contribution in [3.63, 3.8) is 0 Å². The number of halogens is 1. The number of nitro benzene ring substituents is 1. The number of nitrogens with zero attached hydrogens (tertiary/aromatic N) is 3. The smallest absolute Gasteiger partial charge is 0.338 e. The van der Waals surface area contributed by atoms with Crippen molar-refractivity contribution in [2.75, 3.05) is 37.7 Å². The summed E-state index contributed by atoms with van der Waals surface area (Å²) in [5.41, 5.74) is 0.747. The summed E-state index contributed by atoms with van der Waals surface area (Å²) < 4.78 is 18.9. The van der Waals surface area contributed by atoms with Crippen LogP contribution in [-0.4, -0.2) is 54.5 Å². The summed E-state index contributed by atoms with van der Waals surface area (Å²) in [5, 5.41) is 11.0. The highest BCUT2D eigenvalue weighted by Crippen LogP contribution is 2.21. The number of ether oxygens (including phenoxy) is 1. The van der Waals surface area contributed by atoms with Crippen molar-refractivity contribution in [1.29, 1.82) is 0 Å². The molecule has 0 atom stereocenters. The van der Waals surface area contributed by atoms with Crippen LogP contribution in [0.3, 0.4) is 0 Å². The second-order valence-corrected chi connectivity index (χ2v) is 6.65. The standard InChI is InChI=1S/C20H20FN3O5/c1-14-6-7-15(12-18(14)24(27)28)20(26)29-13-19(25)23-10-8-22(9-11-23)17-5-3-2-4-16(17)21/h2-7,12H,8-11,13H2,1H3. The van der Waals surface area contributed by atoms with Crippen molar-refractivity contribution in [1.82, 2.24) is 4.90 Å². The zero-order valence-electron chi connectivity index (χ0n) is 15.8. The van der Waals surface area contributed by atoms with Crippen molar-refractivity contribution in [2.24, 2.45) is 0 Å². The number of anilines is 1. The largest absolute Gasteiger partial charge is 0.452 e. The minimum Gasteiger partial charge on any atom is -0.452 e. The lowest BCUT2D eigenvalue weighted by atomic mass is 10.1. The van der Waals surface area contributed by atoms with Gasteiger partial charge >= 0.3 is 5.97 Å². The van der Waals surface area contributed by atoms with Crippen LogP contribution in [0.5, 0.6) is 0 Å². The van der Waals surface area contributed by atoms with Gasteiger partial charge in [-0.1, -0.05) is 18.2 Å². The molecule has 3 rings (SSSR count). The molecule has 8 nitrogen and oxygen atoms in total. The molecule has 1 fully saturated rings. The molecule has 1 aliphatic heterocycles. The molecule has 9 heteroatoms. The summed E-state index contributed by atoms with van der Waals surface area (Å²) in [6.45, 7) is 2.79. The maximum absolute atomic E-state index is 13.9. The Bertz CT molecular complexity index is 941. The number of rotatable bonds is 5. The van der Waals surface area contributed by atoms with Crippen LogP contribution in [0.25, 0.3) is 0 Å². The Kier molecular flexibility index (Phi) is 6.06. The number of para-hydroxylation sites is 1. The van der Waals surface area contributed by atoms with Crippen LogP contribution >= 0.6 is 0 Å². The van der Waals surface area contributed by atoms with Gasteiger partial charge in [-0.05, 0) is 25.1 Å². The van der Waals surface area contributed by atoms with E-state index >= 15 is 0 Å². The molecule has 1 heterocycles. The van der Waals surface area contributed by atoms with E-state index in [-0.39, 0.29) is 23.0 Å². The van der Waals surface area contributed by atoms with Crippen LogP contribution in [0, 0.1) is 22.9 Å². The van der Waals surface area contributed by atoms with Gasteiger partial charge in [0.2, 0.25) is 0 Å². The molecule has 0 N–H and O–H groups in total. The van der Waals surface area contributed by atoms with Crippen LogP contribution in [0.4, 0.5) is 15.8 Å². The van der Waals surface area contributed by atoms with Crippen LogP contribution in [0.2, 0.25) is 0 Å². The van der Waals surface area contributed by atoms with E-state index in [2.05, 4.69) is 0 Å². The Morgan fingerprint density at radius 1 is 1.14 bits per heavy atom. The molecule has 152 valence electrons. The van der Waals surface area contributed by atoms with E-state index in [0.29, 0.717) is 37.4 Å². The first-order valence-electron chi connectivity index (χ1n) is 9.06. The number of nitro groups is 1. The van der Waals surface area contributed by atoms with Crippen molar-refractivity contribution >= 4 is 23.3 Å². The lowest BCUT2D eigenvalue weighted by Crippen LogP contribution is -2.50. The van der Waals surface area contributed by atoms with E-state index in [1.165, 1.54) is 18.2 Å². The summed E-state index contributed by atoms with van der Waals surface area (Å²) in [5.74, 6) is -1.48. The van der Waals surface area contributed by atoms with Crippen LogP contribution in [0.15, 0.2) is 42.5 Å². The average molecular weight is 401 g/mol. The number of carbonyl (C=O) groups excluding carboxylic acids is 2. The van der Waals surface area contributed by atoms with Gasteiger partial charge in [0.25, 0.3) is 11.6 Å². The molecule has 2 aromatic carbocycles. The first kappa shape index (κ1) is 20.2. The van der Waals surface area contributed by atoms with Gasteiger partial charge in [0, 0.05) is 37.8 Å². The van der Waals surface area contributed by atoms with E-state index in [9.17, 15) is 24.1 Å². The predicted octanol–water partition coefficient (Wildman–Crippen LogP) is 2.55. The number of carbonyl (C=O) groups is 2. The molecular weight excluding hydrogens is 381 g/mol. The van der Waals surface area contributed by atoms with E-state index in [4.69, 9.17) is 4.74 Å². The Balaban J connectivity index is 1.53. The van der Waals surface area contributed by atoms with Gasteiger partial charge in [-0.25, -0.2) is 9.18 Å². The number of amides is 1. The lowest BCUT2D eigenvalue weighted by molar-refractivity contribution is -0.385. The molecular formula is C20H20FN3O5. The molecule has 1 aliphatic rings. The molecule has 0 radical (unpaired) electrons. The fraction of sp³-hybridized carbons (Fsp3) is 0.300. The maximum atomic E-state index is 13.9. The molecule has 1 amide bonds. The zero-order chi connectivity index (χ0) is 21.0. The quantitative estimate of drug-likeness (QED) is 0.434. The minimum absolute atomic E-state index is 0.0134. The summed E-state index contributed by atoms with van der Waals surface area (Å²) in [7, 11) is 0. The highest BCUT2D eigenvalue weighted by Gasteiger charge is 2.24. The summed E-state index contributed by atoms with van der Waals surface area (Å²) in [6, 6.07) is 10.5. The lowest BCUT2D eigenvalue weighted by Gasteiger charge is -2.36. The highest BCUT2D eigenvalue weighted by molar-refractivity contribution is 5.92. The van der Waals surface area contributed by atoms with Crippen molar-refractivity contribution in [3.05, 3.63) is 69.5 Å². The Morgan fingerprint density at radius 2 is 1.83 bits per heavy atom. The Morgan fingerprint density at radius 3 is 2.48 bits per heavy atom. The third-order valence-electron chi connectivity index (χ3n) is 4.79. The molecule has 0 saturated carbocycles. The molecule has 2 aromatic rings. The molecule has 0 aromatic heterocycles. The number of piperazine rings is 1. The molecule has 0 spiro atoms. The molecule has 1 saturated heterocycles. The van der Waals surface area contributed by atoms with E-state index < -0.39 is 17.5 Å². The van der Waals surface area contributed by atoms with Crippen molar-refractivity contribution in [2.45, 2.75) is 6.92 Å². The van der Waals surface area contributed by atoms with Gasteiger partial charge in [-0.2, -0.15) is 0 Å². The van der Waals surface area contributed by atoms with Gasteiger partial charge in [0.1, 0.15) is 5.82 Å². The minimum atomic E-state index is -0.800. The van der Waals surface area contributed by atoms with Gasteiger partial charge < -0.3 is 14.5 Å². The number of benzene rings is 2. The first-order chi connectivity index (χ1) is 13.9. The average Bonchev–Trinajstić information content (AvgIpc) is 2.72. The van der Waals surface area contributed by atoms with E-state index in [1.54, 1.807) is 30.0 Å². The molecule has 29 heavy (non-hydrogen) atoms. The second kappa shape index (κ2) is 8.68. The third-order valence-corrected chi connectivity index (χ3v) is 4.79. The van der Waals surface area contributed by atoms with E-state index in [1.807, 2.05) is 4.90 Å². The van der Waals surface area contributed by atoms with Crippen molar-refractivity contribution in [3.8, 4) is 0 Å². The fourth-order valence-electron chi connectivity index (χ4n) is 3.14. The molecule has 0 unspecified atom stereocenters.